The maximum Gasteiger partial charge on any atom is 0.323 e. The number of thioether (sulfide) groups is 1. The van der Waals surface area contributed by atoms with Gasteiger partial charge in [-0.3, -0.25) is 4.79 Å². The summed E-state index contributed by atoms with van der Waals surface area (Å²) in [5.74, 6) is -0.469. The second-order valence-corrected chi connectivity index (χ2v) is 9.27. The summed E-state index contributed by atoms with van der Waals surface area (Å²) in [7, 11) is 1.96. The van der Waals surface area contributed by atoms with Crippen LogP contribution in [0, 0.1) is 5.92 Å². The molecule has 0 saturated heterocycles. The van der Waals surface area contributed by atoms with Crippen molar-refractivity contribution in [2.45, 2.75) is 37.3 Å². The van der Waals surface area contributed by atoms with Gasteiger partial charge in [-0.25, -0.2) is 14.8 Å². The van der Waals surface area contributed by atoms with Gasteiger partial charge in [0.15, 0.2) is 0 Å². The first-order chi connectivity index (χ1) is 13.6. The first-order valence-electron chi connectivity index (χ1n) is 9.19. The highest BCUT2D eigenvalue weighted by Gasteiger charge is 2.29. The highest BCUT2D eigenvalue weighted by atomic mass is 32.2. The zero-order valence-corrected chi connectivity index (χ0v) is 18.1. The quantitative estimate of drug-likeness (QED) is 0.553. The normalized spacial score (nSPS) is 11.2. The van der Waals surface area contributed by atoms with Crippen molar-refractivity contribution in [1.29, 1.82) is 0 Å². The molecule has 0 aliphatic carbocycles. The number of amides is 2. The van der Waals surface area contributed by atoms with Crippen molar-refractivity contribution in [2.75, 3.05) is 29.1 Å². The van der Waals surface area contributed by atoms with Crippen molar-refractivity contribution in [3.05, 3.63) is 36.9 Å². The number of hydrogen-bond donors (Lipinski definition) is 3. The molecular weight excluding hydrogens is 390 g/mol. The Labute approximate surface area is 175 Å². The minimum atomic E-state index is -0.994. The summed E-state index contributed by atoms with van der Waals surface area (Å²) >= 11 is 1.22. The Bertz CT molecular complexity index is 858. The molecule has 0 spiro atoms. The molecule has 1 aromatic carbocycles. The summed E-state index contributed by atoms with van der Waals surface area (Å²) in [6, 6.07) is 5.13. The Balaban J connectivity index is 2.29. The first kappa shape index (κ1) is 22.5. The van der Waals surface area contributed by atoms with E-state index in [1.165, 1.54) is 30.5 Å². The van der Waals surface area contributed by atoms with Crippen molar-refractivity contribution < 1.29 is 14.7 Å². The summed E-state index contributed by atoms with van der Waals surface area (Å²) in [4.78, 5) is 34.5. The third-order valence-electron chi connectivity index (χ3n) is 3.97. The van der Waals surface area contributed by atoms with E-state index < -0.39 is 16.7 Å². The van der Waals surface area contributed by atoms with Gasteiger partial charge in [-0.05, 0) is 38.0 Å². The summed E-state index contributed by atoms with van der Waals surface area (Å²) in [6.45, 7) is 8.33. The zero-order chi connectivity index (χ0) is 21.6. The summed E-state index contributed by atoms with van der Waals surface area (Å²) in [6.07, 6.45) is 4.38. The number of benzene rings is 1. The van der Waals surface area contributed by atoms with E-state index in [9.17, 15) is 14.7 Å². The van der Waals surface area contributed by atoms with E-state index in [1.807, 2.05) is 19.2 Å². The molecule has 0 fully saturated rings. The van der Waals surface area contributed by atoms with Crippen molar-refractivity contribution in [3.8, 4) is 0 Å². The Morgan fingerprint density at radius 3 is 2.45 bits per heavy atom. The Kier molecular flexibility index (Phi) is 7.44. The van der Waals surface area contributed by atoms with Crippen molar-refractivity contribution >= 4 is 40.8 Å². The number of carbonyl (C=O) groups excluding carboxylic acids is 1. The highest BCUT2D eigenvalue weighted by Crippen LogP contribution is 2.37. The maximum absolute atomic E-state index is 12.5. The predicted molar refractivity (Wildman–Crippen MR) is 117 cm³/mol. The molecule has 156 valence electrons. The van der Waals surface area contributed by atoms with Crippen LogP contribution >= 0.6 is 11.8 Å². The van der Waals surface area contributed by atoms with Crippen molar-refractivity contribution in [1.82, 2.24) is 9.97 Å². The molecular formula is C20H27N5O3S. The van der Waals surface area contributed by atoms with Crippen LogP contribution in [-0.4, -0.2) is 45.4 Å². The maximum atomic E-state index is 12.5. The summed E-state index contributed by atoms with van der Waals surface area (Å²) in [5, 5.41) is 15.0. The van der Waals surface area contributed by atoms with E-state index in [4.69, 9.17) is 0 Å². The van der Waals surface area contributed by atoms with E-state index >= 15 is 0 Å². The second kappa shape index (κ2) is 9.60. The molecule has 9 heteroatoms. The van der Waals surface area contributed by atoms with Gasteiger partial charge in [0, 0.05) is 18.5 Å². The lowest BCUT2D eigenvalue weighted by Crippen LogP contribution is -2.27. The molecule has 0 radical (unpaired) electrons. The van der Waals surface area contributed by atoms with E-state index in [2.05, 4.69) is 39.3 Å². The van der Waals surface area contributed by atoms with Gasteiger partial charge >= 0.3 is 12.0 Å². The first-order valence-corrected chi connectivity index (χ1v) is 10.0. The molecule has 3 N–H and O–H groups in total. The van der Waals surface area contributed by atoms with Gasteiger partial charge in [0.05, 0.1) is 29.5 Å². The molecule has 2 aromatic rings. The number of carbonyl (C=O) groups is 2. The van der Waals surface area contributed by atoms with Crippen LogP contribution in [0.25, 0.3) is 0 Å². The Hall–Kier alpha value is -2.81. The average molecular weight is 418 g/mol. The number of nitrogens with one attached hydrogen (secondary N) is 2. The van der Waals surface area contributed by atoms with Crippen LogP contribution in [0.4, 0.5) is 21.9 Å². The number of hydrogen-bond acceptors (Lipinski definition) is 6. The number of nitrogens with zero attached hydrogens (tertiary/aromatic N) is 3. The van der Waals surface area contributed by atoms with Crippen LogP contribution in [0.1, 0.15) is 27.7 Å². The van der Waals surface area contributed by atoms with E-state index in [0.717, 1.165) is 17.1 Å². The van der Waals surface area contributed by atoms with Crippen LogP contribution < -0.4 is 15.5 Å². The molecule has 29 heavy (non-hydrogen) atoms. The van der Waals surface area contributed by atoms with E-state index in [1.54, 1.807) is 19.9 Å². The average Bonchev–Trinajstić information content (AvgIpc) is 2.61. The third kappa shape index (κ3) is 6.63. The Morgan fingerprint density at radius 2 is 1.86 bits per heavy atom. The fourth-order valence-corrected chi connectivity index (χ4v) is 3.63. The number of anilines is 3. The van der Waals surface area contributed by atoms with Gasteiger partial charge in [0.1, 0.15) is 11.1 Å². The number of aromatic nitrogens is 2. The van der Waals surface area contributed by atoms with Crippen LogP contribution in [0.15, 0.2) is 41.8 Å². The third-order valence-corrected chi connectivity index (χ3v) is 5.15. The lowest BCUT2D eigenvalue weighted by Gasteiger charge is -2.26. The van der Waals surface area contributed by atoms with E-state index in [-0.39, 0.29) is 0 Å². The van der Waals surface area contributed by atoms with Crippen LogP contribution in [-0.2, 0) is 4.79 Å². The molecule has 0 saturated carbocycles. The summed E-state index contributed by atoms with van der Waals surface area (Å²) in [5.41, 5.74) is 1.91. The SMILES string of the molecule is CC(C)CN(C)c1ccc(SC(C)(C)C(=O)O)cc1NC(=O)Nc1cncnc1. The molecule has 1 heterocycles. The van der Waals surface area contributed by atoms with Gasteiger partial charge in [0.25, 0.3) is 0 Å². The molecule has 2 amide bonds. The smallest absolute Gasteiger partial charge is 0.323 e. The minimum absolute atomic E-state index is 0.432. The molecule has 0 bridgehead atoms. The topological polar surface area (TPSA) is 107 Å². The largest absolute Gasteiger partial charge is 0.480 e. The van der Waals surface area contributed by atoms with Gasteiger partial charge in [-0.1, -0.05) is 13.8 Å². The number of carboxylic acid groups (broad SMARTS) is 1. The minimum Gasteiger partial charge on any atom is -0.480 e. The second-order valence-electron chi connectivity index (χ2n) is 7.58. The lowest BCUT2D eigenvalue weighted by molar-refractivity contribution is -0.138. The van der Waals surface area contributed by atoms with Gasteiger partial charge in [-0.2, -0.15) is 0 Å². The van der Waals surface area contributed by atoms with Gasteiger partial charge in [-0.15, -0.1) is 11.8 Å². The molecule has 0 unspecified atom stereocenters. The van der Waals surface area contributed by atoms with E-state index in [0.29, 0.717) is 17.3 Å². The van der Waals surface area contributed by atoms with Crippen molar-refractivity contribution in [2.24, 2.45) is 5.92 Å². The fraction of sp³-hybridized carbons (Fsp3) is 0.400. The number of aliphatic carboxylic acids is 1. The molecule has 0 aliphatic heterocycles. The number of rotatable bonds is 8. The monoisotopic (exact) mass is 417 g/mol. The molecule has 8 nitrogen and oxygen atoms in total. The van der Waals surface area contributed by atoms with Gasteiger partial charge in [0.2, 0.25) is 0 Å². The lowest BCUT2D eigenvalue weighted by atomic mass is 10.2. The summed E-state index contributed by atoms with van der Waals surface area (Å²) < 4.78 is -0.994. The molecule has 1 aromatic heterocycles. The Morgan fingerprint density at radius 1 is 1.21 bits per heavy atom. The predicted octanol–water partition coefficient (Wildman–Crippen LogP) is 4.17. The van der Waals surface area contributed by atoms with Crippen LogP contribution in [0.5, 0.6) is 0 Å². The van der Waals surface area contributed by atoms with Crippen LogP contribution in [0.2, 0.25) is 0 Å². The molecule has 0 atom stereocenters. The number of carboxylic acids is 1. The zero-order valence-electron chi connectivity index (χ0n) is 17.3. The number of urea groups is 1. The molecule has 0 aliphatic rings. The van der Waals surface area contributed by atoms with Crippen molar-refractivity contribution in [3.63, 3.8) is 0 Å². The highest BCUT2D eigenvalue weighted by molar-refractivity contribution is 8.01. The van der Waals surface area contributed by atoms with Crippen LogP contribution in [0.3, 0.4) is 0 Å². The van der Waals surface area contributed by atoms with Gasteiger partial charge < -0.3 is 20.6 Å². The standard InChI is InChI=1S/C20H27N5O3S/c1-13(2)11-25(5)17-7-6-15(29-20(3,4)18(26)27)8-16(17)24-19(28)23-14-9-21-12-22-10-14/h6-10,12-13H,11H2,1-5H3,(H,26,27)(H2,23,24,28). The molecule has 2 rings (SSSR count). The fourth-order valence-electron chi connectivity index (χ4n) is 2.64.